The number of hydrogen-bond acceptors (Lipinski definition) is 2. The molecule has 1 aliphatic heterocycles. The highest BCUT2D eigenvalue weighted by molar-refractivity contribution is 6.30. The highest BCUT2D eigenvalue weighted by Crippen LogP contribution is 2.40. The molecule has 0 unspecified atom stereocenters. The van der Waals surface area contributed by atoms with E-state index in [1.54, 1.807) is 0 Å². The number of benzene rings is 1. The zero-order valence-corrected chi connectivity index (χ0v) is 13.0. The summed E-state index contributed by atoms with van der Waals surface area (Å²) < 4.78 is 13.3. The van der Waals surface area contributed by atoms with Crippen molar-refractivity contribution in [2.45, 2.75) is 25.3 Å². The van der Waals surface area contributed by atoms with E-state index in [2.05, 4.69) is 10.2 Å². The van der Waals surface area contributed by atoms with Gasteiger partial charge in [0, 0.05) is 32.2 Å². The van der Waals surface area contributed by atoms with Crippen LogP contribution in [0.4, 0.5) is 4.39 Å². The molecule has 1 heterocycles. The van der Waals surface area contributed by atoms with Crippen LogP contribution in [0.3, 0.4) is 0 Å². The molecule has 0 amide bonds. The number of piperazine rings is 1. The van der Waals surface area contributed by atoms with E-state index >= 15 is 0 Å². The van der Waals surface area contributed by atoms with E-state index in [-0.39, 0.29) is 23.2 Å². The Morgan fingerprint density at radius 1 is 1.30 bits per heavy atom. The van der Waals surface area contributed by atoms with E-state index < -0.39 is 0 Å². The molecule has 112 valence electrons. The average Bonchev–Trinajstić information content (AvgIpc) is 3.24. The Hall–Kier alpha value is -0.350. The van der Waals surface area contributed by atoms with E-state index in [0.717, 1.165) is 32.1 Å². The van der Waals surface area contributed by atoms with E-state index in [9.17, 15) is 4.39 Å². The number of halogens is 3. The van der Waals surface area contributed by atoms with Gasteiger partial charge in [-0.15, -0.1) is 12.4 Å². The molecule has 0 spiro atoms. The molecule has 20 heavy (non-hydrogen) atoms. The lowest BCUT2D eigenvalue weighted by Crippen LogP contribution is -2.45. The van der Waals surface area contributed by atoms with Gasteiger partial charge in [0.1, 0.15) is 5.82 Å². The van der Waals surface area contributed by atoms with Gasteiger partial charge in [0.15, 0.2) is 0 Å². The van der Waals surface area contributed by atoms with Crippen molar-refractivity contribution in [2.24, 2.45) is 5.92 Å². The van der Waals surface area contributed by atoms with Gasteiger partial charge in [0.25, 0.3) is 0 Å². The summed E-state index contributed by atoms with van der Waals surface area (Å²) in [6.07, 6.45) is 3.87. The predicted octanol–water partition coefficient (Wildman–Crippen LogP) is 3.65. The van der Waals surface area contributed by atoms with E-state index in [1.165, 1.54) is 30.9 Å². The fourth-order valence-corrected chi connectivity index (χ4v) is 3.07. The first-order valence-electron chi connectivity index (χ1n) is 7.14. The molecule has 2 fully saturated rings. The summed E-state index contributed by atoms with van der Waals surface area (Å²) in [5.41, 5.74) is 1.17. The van der Waals surface area contributed by atoms with Crippen LogP contribution in [-0.4, -0.2) is 31.1 Å². The lowest BCUT2D eigenvalue weighted by atomic mass is 9.98. The molecule has 1 atom stereocenters. The minimum absolute atomic E-state index is 0. The molecule has 2 aliphatic rings. The number of hydrogen-bond donors (Lipinski definition) is 1. The Labute approximate surface area is 131 Å². The second-order valence-corrected chi connectivity index (χ2v) is 6.06. The van der Waals surface area contributed by atoms with Gasteiger partial charge < -0.3 is 5.32 Å². The molecule has 0 bridgehead atoms. The van der Waals surface area contributed by atoms with Crippen LogP contribution in [-0.2, 0) is 0 Å². The van der Waals surface area contributed by atoms with Gasteiger partial charge in [-0.2, -0.15) is 0 Å². The molecule has 1 aromatic carbocycles. The summed E-state index contributed by atoms with van der Waals surface area (Å²) in [5.74, 6) is 0.527. The maximum atomic E-state index is 13.3. The summed E-state index contributed by atoms with van der Waals surface area (Å²) in [4.78, 5) is 2.51. The van der Waals surface area contributed by atoms with E-state index in [4.69, 9.17) is 11.6 Å². The second kappa shape index (κ2) is 7.08. The standard InChI is InChI=1S/C15H20ClFN2.ClH/c16-13-10-12(3-4-14(13)17)15(9-11-1-2-11)19-7-5-18-6-8-19;/h3-4,10-11,15,18H,1-2,5-9H2;1H/t15-;/m1./s1. The monoisotopic (exact) mass is 318 g/mol. The topological polar surface area (TPSA) is 15.3 Å². The quantitative estimate of drug-likeness (QED) is 0.911. The third-order valence-corrected chi connectivity index (χ3v) is 4.46. The van der Waals surface area contributed by atoms with Gasteiger partial charge in [0.05, 0.1) is 5.02 Å². The Balaban J connectivity index is 0.00000147. The predicted molar refractivity (Wildman–Crippen MR) is 83.2 cm³/mol. The number of rotatable bonds is 4. The molecular formula is C15H21Cl2FN2. The van der Waals surface area contributed by atoms with Gasteiger partial charge in [-0.05, 0) is 30.0 Å². The summed E-state index contributed by atoms with van der Waals surface area (Å²) in [6.45, 7) is 4.20. The zero-order chi connectivity index (χ0) is 13.2. The molecule has 1 saturated heterocycles. The first-order valence-corrected chi connectivity index (χ1v) is 7.51. The number of nitrogens with zero attached hydrogens (tertiary/aromatic N) is 1. The minimum Gasteiger partial charge on any atom is -0.314 e. The second-order valence-electron chi connectivity index (χ2n) is 5.65. The van der Waals surface area contributed by atoms with E-state index in [1.807, 2.05) is 12.1 Å². The first kappa shape index (κ1) is 16.0. The molecule has 1 N–H and O–H groups in total. The van der Waals surface area contributed by atoms with Crippen molar-refractivity contribution in [3.63, 3.8) is 0 Å². The molecule has 2 nitrogen and oxygen atoms in total. The van der Waals surface area contributed by atoms with Crippen LogP contribution in [0.5, 0.6) is 0 Å². The van der Waals surface area contributed by atoms with Crippen molar-refractivity contribution < 1.29 is 4.39 Å². The summed E-state index contributed by atoms with van der Waals surface area (Å²) in [7, 11) is 0. The van der Waals surface area contributed by atoms with Crippen molar-refractivity contribution in [3.05, 3.63) is 34.6 Å². The molecule has 0 radical (unpaired) electrons. The first-order chi connectivity index (χ1) is 9.24. The van der Waals surface area contributed by atoms with Crippen LogP contribution in [0, 0.1) is 11.7 Å². The maximum Gasteiger partial charge on any atom is 0.141 e. The van der Waals surface area contributed by atoms with Crippen molar-refractivity contribution in [1.82, 2.24) is 10.2 Å². The normalized spacial score (nSPS) is 21.3. The fourth-order valence-electron chi connectivity index (χ4n) is 2.88. The van der Waals surface area contributed by atoms with Crippen LogP contribution in [0.2, 0.25) is 5.02 Å². The Bertz CT molecular complexity index is 445. The molecule has 0 aromatic heterocycles. The molecule has 1 aliphatic carbocycles. The fraction of sp³-hybridized carbons (Fsp3) is 0.600. The van der Waals surface area contributed by atoms with Crippen LogP contribution in [0.1, 0.15) is 30.9 Å². The lowest BCUT2D eigenvalue weighted by molar-refractivity contribution is 0.160. The Kier molecular flexibility index (Phi) is 5.67. The molecule has 3 rings (SSSR count). The third kappa shape index (κ3) is 3.85. The van der Waals surface area contributed by atoms with Crippen LogP contribution < -0.4 is 5.32 Å². The lowest BCUT2D eigenvalue weighted by Gasteiger charge is -2.35. The SMILES string of the molecule is Cl.Fc1ccc([C@@H](CC2CC2)N2CCNCC2)cc1Cl. The highest BCUT2D eigenvalue weighted by Gasteiger charge is 2.30. The van der Waals surface area contributed by atoms with Crippen LogP contribution in [0.25, 0.3) is 0 Å². The van der Waals surface area contributed by atoms with Crippen molar-refractivity contribution >= 4 is 24.0 Å². The third-order valence-electron chi connectivity index (χ3n) is 4.17. The highest BCUT2D eigenvalue weighted by atomic mass is 35.5. The van der Waals surface area contributed by atoms with Gasteiger partial charge in [-0.3, -0.25) is 4.90 Å². The van der Waals surface area contributed by atoms with E-state index in [0.29, 0.717) is 6.04 Å². The van der Waals surface area contributed by atoms with Crippen LogP contribution >= 0.6 is 24.0 Å². The minimum atomic E-state index is -0.323. The number of nitrogens with one attached hydrogen (secondary N) is 1. The van der Waals surface area contributed by atoms with Gasteiger partial charge >= 0.3 is 0 Å². The molecule has 5 heteroatoms. The Morgan fingerprint density at radius 3 is 2.60 bits per heavy atom. The summed E-state index contributed by atoms with van der Waals surface area (Å²) in [6, 6.07) is 5.61. The van der Waals surface area contributed by atoms with Crippen molar-refractivity contribution in [2.75, 3.05) is 26.2 Å². The van der Waals surface area contributed by atoms with Gasteiger partial charge in [-0.25, -0.2) is 4.39 Å². The van der Waals surface area contributed by atoms with Crippen molar-refractivity contribution in [1.29, 1.82) is 0 Å². The van der Waals surface area contributed by atoms with Gasteiger partial charge in [0.2, 0.25) is 0 Å². The van der Waals surface area contributed by atoms with Crippen molar-refractivity contribution in [3.8, 4) is 0 Å². The summed E-state index contributed by atoms with van der Waals surface area (Å²) in [5, 5.41) is 3.63. The largest absolute Gasteiger partial charge is 0.314 e. The zero-order valence-electron chi connectivity index (χ0n) is 11.4. The smallest absolute Gasteiger partial charge is 0.141 e. The maximum absolute atomic E-state index is 13.3. The molecular weight excluding hydrogens is 298 g/mol. The Morgan fingerprint density at radius 2 is 2.00 bits per heavy atom. The summed E-state index contributed by atoms with van der Waals surface area (Å²) >= 11 is 5.94. The molecule has 1 aromatic rings. The molecule has 1 saturated carbocycles. The average molecular weight is 319 g/mol. The van der Waals surface area contributed by atoms with Crippen LogP contribution in [0.15, 0.2) is 18.2 Å². The van der Waals surface area contributed by atoms with Gasteiger partial charge in [-0.1, -0.05) is 30.5 Å².